The summed E-state index contributed by atoms with van der Waals surface area (Å²) in [4.78, 5) is 26.0. The van der Waals surface area contributed by atoms with E-state index in [1.54, 1.807) is 6.92 Å². The van der Waals surface area contributed by atoms with E-state index >= 15 is 0 Å². The van der Waals surface area contributed by atoms with E-state index in [0.29, 0.717) is 144 Å². The number of fused-ring (bicyclic) bond motifs is 3. The minimum absolute atomic E-state index is 0.126. The molecule has 60 heavy (non-hydrogen) atoms. The third-order valence-electron chi connectivity index (χ3n) is 9.40. The minimum atomic E-state index is 0.126. The van der Waals surface area contributed by atoms with Crippen molar-refractivity contribution in [3.05, 3.63) is 29.6 Å². The number of aromatic nitrogens is 3. The first-order chi connectivity index (χ1) is 29.5. The normalized spacial score (nSPS) is 11.9. The molecule has 0 fully saturated rings. The molecular weight excluding hydrogens is 775 g/mol. The number of rotatable bonds is 42. The summed E-state index contributed by atoms with van der Waals surface area (Å²) in [5, 5.41) is 1.08. The Kier molecular flexibility index (Phi) is 29.8. The van der Waals surface area contributed by atoms with Gasteiger partial charge in [-0.25, -0.2) is 9.97 Å². The third-order valence-corrected chi connectivity index (χ3v) is 9.40. The number of nitrogens with two attached hydrogens (primary N) is 1. The van der Waals surface area contributed by atoms with Crippen LogP contribution in [0.4, 0.5) is 5.82 Å². The first kappa shape index (κ1) is 51.5. The number of carbonyl (C=O) groups is 1. The number of hydrogen-bond acceptors (Lipinski definition) is 15. The highest BCUT2D eigenvalue weighted by atomic mass is 16.6. The van der Waals surface area contributed by atoms with Gasteiger partial charge in [-0.1, -0.05) is 25.8 Å². The van der Waals surface area contributed by atoms with Crippen molar-refractivity contribution in [1.29, 1.82) is 0 Å². The van der Waals surface area contributed by atoms with E-state index in [4.69, 9.17) is 58.1 Å². The fourth-order valence-corrected chi connectivity index (χ4v) is 5.99. The Hall–Kier alpha value is -2.87. The van der Waals surface area contributed by atoms with Crippen molar-refractivity contribution in [3.8, 4) is 0 Å². The molecule has 0 amide bonds. The summed E-state index contributed by atoms with van der Waals surface area (Å²) in [6.45, 7) is 16.0. The van der Waals surface area contributed by atoms with Gasteiger partial charge in [0.1, 0.15) is 28.5 Å². The molecule has 0 spiro atoms. The number of H-pyrrole nitrogens is 1. The van der Waals surface area contributed by atoms with Gasteiger partial charge in [0.2, 0.25) is 0 Å². The lowest BCUT2D eigenvalue weighted by Crippen LogP contribution is -2.25. The van der Waals surface area contributed by atoms with Crippen molar-refractivity contribution in [3.63, 3.8) is 0 Å². The van der Waals surface area contributed by atoms with Gasteiger partial charge in [-0.15, -0.1) is 0 Å². The predicted molar refractivity (Wildman–Crippen MR) is 233 cm³/mol. The summed E-state index contributed by atoms with van der Waals surface area (Å²) in [6, 6.07) is 6.49. The van der Waals surface area contributed by atoms with Crippen molar-refractivity contribution in [1.82, 2.24) is 19.9 Å². The fourth-order valence-electron chi connectivity index (χ4n) is 5.99. The molecule has 0 radical (unpaired) electrons. The largest absolute Gasteiger partial charge is 0.382 e. The second-order valence-electron chi connectivity index (χ2n) is 14.5. The van der Waals surface area contributed by atoms with Gasteiger partial charge >= 0.3 is 0 Å². The number of anilines is 1. The zero-order valence-electron chi connectivity index (χ0n) is 36.9. The number of unbranched alkanes of at least 4 members (excludes halogenated alkanes) is 3. The second kappa shape index (κ2) is 34.7. The number of aryl methyl sites for hydroxylation is 2. The number of ether oxygens (including phenoxy) is 10. The number of likely N-dealkylation sites (N-methyl/N-ethyl adjacent to an activating group) is 1. The van der Waals surface area contributed by atoms with Crippen LogP contribution in [0.1, 0.15) is 63.8 Å². The molecule has 0 bridgehead atoms. The highest BCUT2D eigenvalue weighted by Gasteiger charge is 2.12. The van der Waals surface area contributed by atoms with Crippen molar-refractivity contribution in [2.75, 3.05) is 158 Å². The second-order valence-corrected chi connectivity index (χ2v) is 14.5. The summed E-state index contributed by atoms with van der Waals surface area (Å²) in [5.41, 5.74) is 10.2. The van der Waals surface area contributed by atoms with E-state index in [1.807, 2.05) is 0 Å². The molecule has 2 aromatic heterocycles. The Morgan fingerprint density at radius 3 is 1.57 bits per heavy atom. The number of ketones is 1. The number of nitrogen functional groups attached to an aromatic ring is 1. The molecule has 3 rings (SSSR count). The van der Waals surface area contributed by atoms with Crippen LogP contribution in [-0.2, 0) is 65.0 Å². The Morgan fingerprint density at radius 1 is 0.600 bits per heavy atom. The van der Waals surface area contributed by atoms with E-state index in [2.05, 4.69) is 47.0 Å². The van der Waals surface area contributed by atoms with Gasteiger partial charge in [0.15, 0.2) is 0 Å². The standard InChI is InChI=1S/C44H75N5O11/c1-4-5-10-41-47-42-39-36-38(11-12-40(39)46-44(45)43(42)48-41)9-7-6-8-14-49(3)15-17-52-19-21-54-23-25-56-27-29-58-31-33-60-35-34-59-32-30-57-28-26-55-24-22-53-20-18-51-16-13-37(2)50/h11-12,36H,4-10,13-35H2,1-3H3,(H2,45,46)(H,47,48). The van der Waals surface area contributed by atoms with Crippen LogP contribution < -0.4 is 5.73 Å². The van der Waals surface area contributed by atoms with Gasteiger partial charge in [-0.3, -0.25) is 4.79 Å². The topological polar surface area (TPSA) is 180 Å². The fraction of sp³-hybridized carbons (Fsp3) is 0.750. The van der Waals surface area contributed by atoms with Crippen LogP contribution in [0.15, 0.2) is 18.2 Å². The molecule has 3 N–H and O–H groups in total. The number of benzene rings is 1. The number of pyridine rings is 1. The molecule has 2 heterocycles. The maximum absolute atomic E-state index is 10.8. The molecule has 16 nitrogen and oxygen atoms in total. The zero-order valence-corrected chi connectivity index (χ0v) is 36.9. The van der Waals surface area contributed by atoms with E-state index < -0.39 is 0 Å². The SMILES string of the molecule is CCCCc1nc2c([nH]1)c(N)nc1ccc(CCCCCN(C)CCOCCOCCOCCOCCOCCOCCOCCOCCOCCOCCC(C)=O)cc12. The number of carbonyl (C=O) groups excluding carboxylic acids is 1. The van der Waals surface area contributed by atoms with Gasteiger partial charge in [0, 0.05) is 24.8 Å². The van der Waals surface area contributed by atoms with Crippen molar-refractivity contribution >= 4 is 33.5 Å². The summed E-state index contributed by atoms with van der Waals surface area (Å²) in [5.74, 6) is 1.63. The zero-order chi connectivity index (χ0) is 42.7. The predicted octanol–water partition coefficient (Wildman–Crippen LogP) is 4.83. The summed E-state index contributed by atoms with van der Waals surface area (Å²) in [6.07, 6.45) is 8.10. The van der Waals surface area contributed by atoms with E-state index in [9.17, 15) is 4.79 Å². The van der Waals surface area contributed by atoms with Crippen LogP contribution in [0.3, 0.4) is 0 Å². The summed E-state index contributed by atoms with van der Waals surface area (Å²) >= 11 is 0. The van der Waals surface area contributed by atoms with Crippen LogP contribution in [0.5, 0.6) is 0 Å². The molecule has 0 saturated carbocycles. The van der Waals surface area contributed by atoms with Crippen molar-refractivity contribution in [2.45, 2.75) is 65.2 Å². The van der Waals surface area contributed by atoms with Gasteiger partial charge in [0.25, 0.3) is 0 Å². The molecule has 16 heteroatoms. The molecule has 0 aliphatic heterocycles. The first-order valence-electron chi connectivity index (χ1n) is 22.0. The molecule has 1 aromatic carbocycles. The number of nitrogens with one attached hydrogen (secondary N) is 1. The Labute approximate surface area is 357 Å². The quantitative estimate of drug-likeness (QED) is 0.0741. The van der Waals surface area contributed by atoms with Crippen LogP contribution in [0.2, 0.25) is 0 Å². The molecule has 3 aromatic rings. The third kappa shape index (κ3) is 24.5. The molecular formula is C44H75N5O11. The molecule has 0 aliphatic rings. The van der Waals surface area contributed by atoms with Crippen molar-refractivity contribution < 1.29 is 52.2 Å². The lowest BCUT2D eigenvalue weighted by molar-refractivity contribution is -0.118. The highest BCUT2D eigenvalue weighted by Crippen LogP contribution is 2.28. The average molecular weight is 850 g/mol. The van der Waals surface area contributed by atoms with E-state index in [-0.39, 0.29) is 5.78 Å². The first-order valence-corrected chi connectivity index (χ1v) is 22.0. The molecule has 0 atom stereocenters. The van der Waals surface area contributed by atoms with Crippen LogP contribution in [0, 0.1) is 0 Å². The lowest BCUT2D eigenvalue weighted by Gasteiger charge is -2.16. The van der Waals surface area contributed by atoms with Crippen LogP contribution in [0.25, 0.3) is 21.9 Å². The Bertz CT molecular complexity index is 1510. The van der Waals surface area contributed by atoms with E-state index in [1.165, 1.54) is 12.0 Å². The van der Waals surface area contributed by atoms with Gasteiger partial charge in [-0.05, 0) is 63.9 Å². The Balaban J connectivity index is 0.992. The number of Topliss-reactive ketones (excluding diaryl/α,β-unsaturated/α-hetero) is 1. The van der Waals surface area contributed by atoms with Gasteiger partial charge in [-0.2, -0.15) is 0 Å². The number of imidazole rings is 1. The van der Waals surface area contributed by atoms with Gasteiger partial charge < -0.3 is 63.0 Å². The summed E-state index contributed by atoms with van der Waals surface area (Å²) in [7, 11) is 2.15. The van der Waals surface area contributed by atoms with Crippen LogP contribution >= 0.6 is 0 Å². The van der Waals surface area contributed by atoms with Gasteiger partial charge in [0.05, 0.1) is 138 Å². The molecule has 0 saturated heterocycles. The molecule has 342 valence electrons. The minimum Gasteiger partial charge on any atom is -0.382 e. The number of aromatic amines is 1. The molecule has 0 unspecified atom stereocenters. The lowest BCUT2D eigenvalue weighted by atomic mass is 10.0. The molecule has 0 aliphatic carbocycles. The number of hydrogen-bond donors (Lipinski definition) is 2. The maximum atomic E-state index is 10.8. The smallest absolute Gasteiger partial charge is 0.150 e. The van der Waals surface area contributed by atoms with Crippen LogP contribution in [-0.4, -0.2) is 178 Å². The number of nitrogens with zero attached hydrogens (tertiary/aromatic N) is 3. The average Bonchev–Trinajstić information content (AvgIpc) is 3.68. The highest BCUT2D eigenvalue weighted by molar-refractivity contribution is 6.06. The van der Waals surface area contributed by atoms with Crippen molar-refractivity contribution in [2.24, 2.45) is 0 Å². The Morgan fingerprint density at radius 2 is 1.08 bits per heavy atom. The summed E-state index contributed by atoms with van der Waals surface area (Å²) < 4.78 is 55.1. The van der Waals surface area contributed by atoms with E-state index in [0.717, 1.165) is 79.4 Å². The monoisotopic (exact) mass is 850 g/mol. The maximum Gasteiger partial charge on any atom is 0.150 e.